The first-order valence-electron chi connectivity index (χ1n) is 7.88. The molecule has 0 unspecified atom stereocenters. The van der Waals surface area contributed by atoms with Crippen molar-refractivity contribution in [3.05, 3.63) is 35.9 Å². The number of guanidine groups is 1. The minimum absolute atomic E-state index is 0. The van der Waals surface area contributed by atoms with Gasteiger partial charge in [-0.15, -0.1) is 24.0 Å². The van der Waals surface area contributed by atoms with Crippen molar-refractivity contribution in [3.63, 3.8) is 0 Å². The van der Waals surface area contributed by atoms with E-state index in [9.17, 15) is 0 Å². The summed E-state index contributed by atoms with van der Waals surface area (Å²) in [4.78, 5) is 4.30. The van der Waals surface area contributed by atoms with E-state index in [1.807, 2.05) is 7.05 Å². The van der Waals surface area contributed by atoms with Gasteiger partial charge in [0, 0.05) is 38.8 Å². The smallest absolute Gasteiger partial charge is 0.191 e. The van der Waals surface area contributed by atoms with Crippen LogP contribution >= 0.6 is 24.0 Å². The van der Waals surface area contributed by atoms with Crippen molar-refractivity contribution in [2.75, 3.05) is 33.4 Å². The van der Waals surface area contributed by atoms with Gasteiger partial charge in [0.1, 0.15) is 0 Å². The highest BCUT2D eigenvalue weighted by Crippen LogP contribution is 2.34. The lowest BCUT2D eigenvalue weighted by atomic mass is 9.74. The monoisotopic (exact) mass is 417 g/mol. The molecule has 0 amide bonds. The number of rotatable bonds is 5. The van der Waals surface area contributed by atoms with Crippen molar-refractivity contribution in [3.8, 4) is 0 Å². The van der Waals surface area contributed by atoms with Crippen LogP contribution in [0.3, 0.4) is 0 Å². The molecule has 0 bridgehead atoms. The number of ether oxygens (including phenoxy) is 1. The van der Waals surface area contributed by atoms with Gasteiger partial charge in [0.05, 0.1) is 0 Å². The number of hydrogen-bond acceptors (Lipinski definition) is 2. The fourth-order valence-corrected chi connectivity index (χ4v) is 2.84. The van der Waals surface area contributed by atoms with Gasteiger partial charge in [-0.2, -0.15) is 0 Å². The molecule has 2 rings (SSSR count). The Hall–Kier alpha value is -0.820. The van der Waals surface area contributed by atoms with Gasteiger partial charge in [-0.25, -0.2) is 0 Å². The second kappa shape index (κ2) is 10.0. The summed E-state index contributed by atoms with van der Waals surface area (Å²) in [7, 11) is 1.82. The molecule has 0 saturated carbocycles. The summed E-state index contributed by atoms with van der Waals surface area (Å²) >= 11 is 0. The third-order valence-corrected chi connectivity index (χ3v) is 4.20. The van der Waals surface area contributed by atoms with Gasteiger partial charge in [-0.05, 0) is 24.8 Å². The normalized spacial score (nSPS) is 17.5. The topological polar surface area (TPSA) is 45.7 Å². The molecule has 1 aliphatic heterocycles. The highest BCUT2D eigenvalue weighted by molar-refractivity contribution is 14.0. The minimum Gasteiger partial charge on any atom is -0.381 e. The molecule has 22 heavy (non-hydrogen) atoms. The van der Waals surface area contributed by atoms with E-state index in [4.69, 9.17) is 4.74 Å². The standard InChI is InChI=1S/C17H27N3O.HI/c1-3-11-19-16(18-2)20-14-17(9-12-21-13-10-17)15-7-5-4-6-8-15;/h4-8H,3,9-14H2,1-2H3,(H2,18,19,20);1H. The maximum absolute atomic E-state index is 5.57. The Kier molecular flexibility index (Phi) is 8.78. The third-order valence-electron chi connectivity index (χ3n) is 4.20. The SMILES string of the molecule is CCCNC(=NC)NCC1(c2ccccc2)CCOCC1.I. The number of aliphatic imine (C=N–C) groups is 1. The summed E-state index contributed by atoms with van der Waals surface area (Å²) in [6.45, 7) is 5.66. The zero-order valence-electron chi connectivity index (χ0n) is 13.6. The summed E-state index contributed by atoms with van der Waals surface area (Å²) in [6, 6.07) is 10.8. The van der Waals surface area contributed by atoms with Crippen LogP contribution in [0.25, 0.3) is 0 Å². The zero-order valence-corrected chi connectivity index (χ0v) is 15.9. The van der Waals surface area contributed by atoms with E-state index in [1.165, 1.54) is 5.56 Å². The zero-order chi connectivity index (χ0) is 15.0. The molecule has 1 heterocycles. The summed E-state index contributed by atoms with van der Waals surface area (Å²) in [5, 5.41) is 6.83. The summed E-state index contributed by atoms with van der Waals surface area (Å²) in [5.74, 6) is 0.888. The third kappa shape index (κ3) is 5.12. The highest BCUT2D eigenvalue weighted by atomic mass is 127. The molecule has 1 aromatic carbocycles. The van der Waals surface area contributed by atoms with Crippen molar-refractivity contribution < 1.29 is 4.74 Å². The van der Waals surface area contributed by atoms with Gasteiger partial charge in [-0.1, -0.05) is 37.3 Å². The minimum atomic E-state index is 0. The van der Waals surface area contributed by atoms with Crippen LogP contribution in [0.2, 0.25) is 0 Å². The first-order valence-corrected chi connectivity index (χ1v) is 7.88. The number of halogens is 1. The summed E-state index contributed by atoms with van der Waals surface area (Å²) in [6.07, 6.45) is 3.20. The molecule has 0 spiro atoms. The Balaban J connectivity index is 0.00000242. The fourth-order valence-electron chi connectivity index (χ4n) is 2.84. The lowest BCUT2D eigenvalue weighted by Gasteiger charge is -2.38. The number of hydrogen-bond donors (Lipinski definition) is 2. The van der Waals surface area contributed by atoms with E-state index in [0.29, 0.717) is 0 Å². The second-order valence-corrected chi connectivity index (χ2v) is 5.61. The summed E-state index contributed by atoms with van der Waals surface area (Å²) in [5.41, 5.74) is 1.54. The first-order chi connectivity index (χ1) is 10.3. The van der Waals surface area contributed by atoms with E-state index in [0.717, 1.165) is 51.5 Å². The Labute approximate surface area is 151 Å². The predicted molar refractivity (Wildman–Crippen MR) is 103 cm³/mol. The van der Waals surface area contributed by atoms with Crippen LogP contribution in [0, 0.1) is 0 Å². The van der Waals surface area contributed by atoms with Crippen LogP contribution in [0.4, 0.5) is 0 Å². The molecule has 1 fully saturated rings. The van der Waals surface area contributed by atoms with Gasteiger partial charge in [0.2, 0.25) is 0 Å². The van der Waals surface area contributed by atoms with Gasteiger partial charge in [0.25, 0.3) is 0 Å². The van der Waals surface area contributed by atoms with Crippen LogP contribution in [-0.4, -0.2) is 39.3 Å². The van der Waals surface area contributed by atoms with Crippen molar-refractivity contribution in [2.24, 2.45) is 4.99 Å². The molecule has 0 aliphatic carbocycles. The molecule has 0 aromatic heterocycles. The Bertz CT molecular complexity index is 444. The highest BCUT2D eigenvalue weighted by Gasteiger charge is 2.34. The molecule has 1 aliphatic rings. The largest absolute Gasteiger partial charge is 0.381 e. The molecule has 1 saturated heterocycles. The van der Waals surface area contributed by atoms with E-state index >= 15 is 0 Å². The summed E-state index contributed by atoms with van der Waals surface area (Å²) < 4.78 is 5.57. The maximum Gasteiger partial charge on any atom is 0.191 e. The molecular weight excluding hydrogens is 389 g/mol. The van der Waals surface area contributed by atoms with E-state index in [1.54, 1.807) is 0 Å². The Morgan fingerprint density at radius 2 is 1.86 bits per heavy atom. The Morgan fingerprint density at radius 3 is 2.45 bits per heavy atom. The molecule has 0 atom stereocenters. The second-order valence-electron chi connectivity index (χ2n) is 5.61. The maximum atomic E-state index is 5.57. The van der Waals surface area contributed by atoms with Gasteiger partial charge in [-0.3, -0.25) is 4.99 Å². The van der Waals surface area contributed by atoms with E-state index in [-0.39, 0.29) is 29.4 Å². The first kappa shape index (κ1) is 19.2. The number of nitrogens with zero attached hydrogens (tertiary/aromatic N) is 1. The number of nitrogens with one attached hydrogen (secondary N) is 2. The van der Waals surface area contributed by atoms with Crippen LogP contribution in [0.1, 0.15) is 31.7 Å². The van der Waals surface area contributed by atoms with Gasteiger partial charge in [0.15, 0.2) is 5.96 Å². The Morgan fingerprint density at radius 1 is 1.18 bits per heavy atom. The van der Waals surface area contributed by atoms with Crippen LogP contribution in [-0.2, 0) is 10.2 Å². The average molecular weight is 417 g/mol. The molecule has 1 aromatic rings. The van der Waals surface area contributed by atoms with Crippen LogP contribution < -0.4 is 10.6 Å². The quantitative estimate of drug-likeness (QED) is 0.440. The molecule has 2 N–H and O–H groups in total. The molecule has 124 valence electrons. The van der Waals surface area contributed by atoms with Crippen molar-refractivity contribution in [1.82, 2.24) is 10.6 Å². The average Bonchev–Trinajstić information content (AvgIpc) is 2.57. The molecule has 4 nitrogen and oxygen atoms in total. The van der Waals surface area contributed by atoms with Crippen LogP contribution in [0.15, 0.2) is 35.3 Å². The van der Waals surface area contributed by atoms with Crippen molar-refractivity contribution >= 4 is 29.9 Å². The lowest BCUT2D eigenvalue weighted by molar-refractivity contribution is 0.0514. The molecular formula is C17H28IN3O. The van der Waals surface area contributed by atoms with Crippen molar-refractivity contribution in [1.29, 1.82) is 0 Å². The number of benzene rings is 1. The molecule has 5 heteroatoms. The lowest BCUT2D eigenvalue weighted by Crippen LogP contribution is -2.48. The molecule has 0 radical (unpaired) electrons. The van der Waals surface area contributed by atoms with Gasteiger partial charge >= 0.3 is 0 Å². The van der Waals surface area contributed by atoms with Gasteiger partial charge < -0.3 is 15.4 Å². The van der Waals surface area contributed by atoms with E-state index < -0.39 is 0 Å². The fraction of sp³-hybridized carbons (Fsp3) is 0.588. The predicted octanol–water partition coefficient (Wildman–Crippen LogP) is 2.93. The van der Waals surface area contributed by atoms with E-state index in [2.05, 4.69) is 52.9 Å². The van der Waals surface area contributed by atoms with Crippen molar-refractivity contribution in [2.45, 2.75) is 31.6 Å². The van der Waals surface area contributed by atoms with Crippen LogP contribution in [0.5, 0.6) is 0 Å².